The molecule has 0 spiro atoms. The summed E-state index contributed by atoms with van der Waals surface area (Å²) >= 11 is 0. The van der Waals surface area contributed by atoms with Gasteiger partial charge in [0.05, 0.1) is 0 Å². The molecule has 1 aromatic carbocycles. The Balaban J connectivity index is 2.91. The summed E-state index contributed by atoms with van der Waals surface area (Å²) in [7, 11) is 0. The molecule has 0 unspecified atom stereocenters. The van der Waals surface area contributed by atoms with E-state index in [0.717, 1.165) is 11.1 Å². The number of carboxylic acids is 1. The van der Waals surface area contributed by atoms with Gasteiger partial charge < -0.3 is 20.3 Å². The number of hydrogen-bond donors (Lipinski definition) is 2. The predicted octanol–water partition coefficient (Wildman–Crippen LogP) is 2.86. The Morgan fingerprint density at radius 2 is 1.64 bits per heavy atom. The first kappa shape index (κ1) is 18.0. The van der Waals surface area contributed by atoms with Gasteiger partial charge in [-0.1, -0.05) is 45.9 Å². The zero-order valence-electron chi connectivity index (χ0n) is 13.3. The highest BCUT2D eigenvalue weighted by Gasteiger charge is 2.20. The van der Waals surface area contributed by atoms with Crippen molar-refractivity contribution in [3.8, 4) is 5.75 Å². The molecule has 122 valence electrons. The highest BCUT2D eigenvalue weighted by molar-refractivity contribution is 5.74. The standard InChI is InChI=1S/C16H23NO5/c1-9(2)11-6-5-7-12(10(3)4)14(11)22-16(20)21-8-13(17)15(18)19/h5-7,9-10,13H,8,17H2,1-4H3,(H,18,19)/t13-/m0/s1. The molecule has 0 saturated carbocycles. The molecule has 6 nitrogen and oxygen atoms in total. The van der Waals surface area contributed by atoms with Gasteiger partial charge in [-0.15, -0.1) is 0 Å². The molecule has 0 saturated heterocycles. The minimum atomic E-state index is -1.27. The van der Waals surface area contributed by atoms with Gasteiger partial charge in [-0.3, -0.25) is 4.79 Å². The van der Waals surface area contributed by atoms with Crippen LogP contribution in [0.1, 0.15) is 50.7 Å². The van der Waals surface area contributed by atoms with Gasteiger partial charge in [0.15, 0.2) is 0 Å². The normalized spacial score (nSPS) is 12.3. The second-order valence-corrected chi connectivity index (χ2v) is 5.68. The number of carboxylic acid groups (broad SMARTS) is 1. The topological polar surface area (TPSA) is 98.9 Å². The van der Waals surface area contributed by atoms with Gasteiger partial charge in [-0.25, -0.2) is 4.79 Å². The number of rotatable bonds is 6. The molecule has 1 aromatic rings. The third-order valence-electron chi connectivity index (χ3n) is 3.20. The summed E-state index contributed by atoms with van der Waals surface area (Å²) in [5, 5.41) is 8.66. The van der Waals surface area contributed by atoms with Gasteiger partial charge in [0.25, 0.3) is 0 Å². The maximum atomic E-state index is 11.8. The van der Waals surface area contributed by atoms with Crippen molar-refractivity contribution in [3.63, 3.8) is 0 Å². The van der Waals surface area contributed by atoms with Crippen molar-refractivity contribution in [1.29, 1.82) is 0 Å². The summed E-state index contributed by atoms with van der Waals surface area (Å²) in [6.45, 7) is 7.56. The van der Waals surface area contributed by atoms with Crippen LogP contribution in [0.25, 0.3) is 0 Å². The van der Waals surface area contributed by atoms with Crippen LogP contribution in [0.3, 0.4) is 0 Å². The van der Waals surface area contributed by atoms with Crippen LogP contribution in [0.4, 0.5) is 4.79 Å². The largest absolute Gasteiger partial charge is 0.513 e. The van der Waals surface area contributed by atoms with Gasteiger partial charge in [0.2, 0.25) is 0 Å². The van der Waals surface area contributed by atoms with Crippen LogP contribution >= 0.6 is 0 Å². The molecule has 0 aliphatic heterocycles. The Hall–Kier alpha value is -2.08. The molecule has 22 heavy (non-hydrogen) atoms. The lowest BCUT2D eigenvalue weighted by Gasteiger charge is -2.18. The van der Waals surface area contributed by atoms with Crippen LogP contribution in [-0.4, -0.2) is 29.9 Å². The van der Waals surface area contributed by atoms with Crippen molar-refractivity contribution < 1.29 is 24.2 Å². The predicted molar refractivity (Wildman–Crippen MR) is 82.2 cm³/mol. The number of carbonyl (C=O) groups is 2. The van der Waals surface area contributed by atoms with Crippen LogP contribution in [-0.2, 0) is 9.53 Å². The number of hydrogen-bond acceptors (Lipinski definition) is 5. The molecule has 1 rings (SSSR count). The fraction of sp³-hybridized carbons (Fsp3) is 0.500. The molecule has 0 aliphatic rings. The van der Waals surface area contributed by atoms with E-state index < -0.39 is 24.8 Å². The number of ether oxygens (including phenoxy) is 2. The summed E-state index contributed by atoms with van der Waals surface area (Å²) < 4.78 is 10.1. The minimum Gasteiger partial charge on any atom is -0.480 e. The molecule has 0 bridgehead atoms. The SMILES string of the molecule is CC(C)c1cccc(C(C)C)c1OC(=O)OC[C@H](N)C(=O)O. The van der Waals surface area contributed by atoms with E-state index in [-0.39, 0.29) is 11.8 Å². The third-order valence-corrected chi connectivity index (χ3v) is 3.20. The molecule has 0 aliphatic carbocycles. The van der Waals surface area contributed by atoms with E-state index in [1.165, 1.54) is 0 Å². The van der Waals surface area contributed by atoms with Crippen LogP contribution in [0.2, 0.25) is 0 Å². The lowest BCUT2D eigenvalue weighted by atomic mass is 9.94. The van der Waals surface area contributed by atoms with E-state index in [1.807, 2.05) is 45.9 Å². The Morgan fingerprint density at radius 3 is 2.05 bits per heavy atom. The number of nitrogens with two attached hydrogens (primary N) is 1. The van der Waals surface area contributed by atoms with Gasteiger partial charge >= 0.3 is 12.1 Å². The quantitative estimate of drug-likeness (QED) is 0.619. The lowest BCUT2D eigenvalue weighted by Crippen LogP contribution is -2.36. The van der Waals surface area contributed by atoms with Crippen LogP contribution in [0.5, 0.6) is 5.75 Å². The first-order valence-corrected chi connectivity index (χ1v) is 7.19. The summed E-state index contributed by atoms with van der Waals surface area (Å²) in [5.41, 5.74) is 7.07. The summed E-state index contributed by atoms with van der Waals surface area (Å²) in [6, 6.07) is 4.44. The number of benzene rings is 1. The Labute approximate surface area is 130 Å². The van der Waals surface area contributed by atoms with Crippen LogP contribution in [0.15, 0.2) is 18.2 Å². The summed E-state index contributed by atoms with van der Waals surface area (Å²) in [4.78, 5) is 22.4. The van der Waals surface area contributed by atoms with Gasteiger partial charge in [-0.05, 0) is 23.0 Å². The maximum Gasteiger partial charge on any atom is 0.513 e. The molecule has 0 radical (unpaired) electrons. The third kappa shape index (κ3) is 4.73. The zero-order chi connectivity index (χ0) is 16.9. The minimum absolute atomic E-state index is 0.169. The molecule has 0 fully saturated rings. The Kier molecular flexibility index (Phi) is 6.37. The van der Waals surface area contributed by atoms with Crippen molar-refractivity contribution in [2.45, 2.75) is 45.6 Å². The average Bonchev–Trinajstić information content (AvgIpc) is 2.44. The Morgan fingerprint density at radius 1 is 1.14 bits per heavy atom. The van der Waals surface area contributed by atoms with Crippen molar-refractivity contribution in [2.24, 2.45) is 5.73 Å². The summed E-state index contributed by atoms with van der Waals surface area (Å²) in [5.74, 6) is -0.426. The van der Waals surface area contributed by atoms with E-state index in [2.05, 4.69) is 0 Å². The zero-order valence-corrected chi connectivity index (χ0v) is 13.3. The van der Waals surface area contributed by atoms with Gasteiger partial charge in [-0.2, -0.15) is 0 Å². The van der Waals surface area contributed by atoms with E-state index >= 15 is 0 Å². The van der Waals surface area contributed by atoms with Crippen LogP contribution < -0.4 is 10.5 Å². The second kappa shape index (κ2) is 7.79. The average molecular weight is 309 g/mol. The molecular formula is C16H23NO5. The van der Waals surface area contributed by atoms with Crippen LogP contribution in [0, 0.1) is 0 Å². The van der Waals surface area contributed by atoms with E-state index in [1.54, 1.807) is 0 Å². The summed E-state index contributed by atoms with van der Waals surface area (Å²) in [6.07, 6.45) is -0.952. The monoisotopic (exact) mass is 309 g/mol. The fourth-order valence-electron chi connectivity index (χ4n) is 1.94. The first-order chi connectivity index (χ1) is 10.2. The fourth-order valence-corrected chi connectivity index (χ4v) is 1.94. The van der Waals surface area contributed by atoms with Gasteiger partial charge in [0.1, 0.15) is 18.4 Å². The number of carbonyl (C=O) groups excluding carboxylic acids is 1. The van der Waals surface area contributed by atoms with Crippen molar-refractivity contribution in [2.75, 3.05) is 6.61 Å². The highest BCUT2D eigenvalue weighted by Crippen LogP contribution is 2.34. The first-order valence-electron chi connectivity index (χ1n) is 7.19. The molecule has 1 atom stereocenters. The maximum absolute atomic E-state index is 11.8. The molecule has 0 aromatic heterocycles. The van der Waals surface area contributed by atoms with Crippen molar-refractivity contribution in [1.82, 2.24) is 0 Å². The molecule has 0 amide bonds. The van der Waals surface area contributed by atoms with E-state index in [9.17, 15) is 9.59 Å². The smallest absolute Gasteiger partial charge is 0.480 e. The second-order valence-electron chi connectivity index (χ2n) is 5.68. The van der Waals surface area contributed by atoms with Crippen molar-refractivity contribution in [3.05, 3.63) is 29.3 Å². The number of para-hydroxylation sites is 1. The van der Waals surface area contributed by atoms with E-state index in [4.69, 9.17) is 20.3 Å². The van der Waals surface area contributed by atoms with Crippen molar-refractivity contribution >= 4 is 12.1 Å². The molecule has 0 heterocycles. The number of aliphatic carboxylic acids is 1. The van der Waals surface area contributed by atoms with Gasteiger partial charge in [0, 0.05) is 0 Å². The highest BCUT2D eigenvalue weighted by atomic mass is 16.7. The molecular weight excluding hydrogens is 286 g/mol. The lowest BCUT2D eigenvalue weighted by molar-refractivity contribution is -0.139. The van der Waals surface area contributed by atoms with E-state index in [0.29, 0.717) is 5.75 Å². The Bertz CT molecular complexity index is 513. The molecule has 6 heteroatoms. The molecule has 3 N–H and O–H groups in total.